The Bertz CT molecular complexity index is 76.4. The van der Waals surface area contributed by atoms with Gasteiger partial charge in [-0.1, -0.05) is 6.92 Å². The smallest absolute Gasteiger partial charge is 0.404 e. The minimum Gasteiger partial charge on any atom is -0.465 e. The van der Waals surface area contributed by atoms with Crippen LogP contribution in [-0.2, 0) is 0 Å². The third kappa shape index (κ3) is 5.27. The monoisotopic (exact) mass is 104 g/mol. The van der Waals surface area contributed by atoms with E-state index in [1.165, 1.54) is 0 Å². The molecule has 0 aromatic rings. The van der Waals surface area contributed by atoms with Crippen LogP contribution in [0, 0.1) is 0 Å². The highest BCUT2D eigenvalue weighted by Crippen LogP contribution is 1.67. The SMILES string of the molecule is [2H]OC(=O)NCCC. The van der Waals surface area contributed by atoms with Crippen molar-refractivity contribution in [3.05, 3.63) is 0 Å². The van der Waals surface area contributed by atoms with Crippen LogP contribution in [0.5, 0.6) is 0 Å². The summed E-state index contributed by atoms with van der Waals surface area (Å²) >= 11 is 0. The van der Waals surface area contributed by atoms with Crippen molar-refractivity contribution in [3.63, 3.8) is 0 Å². The Morgan fingerprint density at radius 2 is 2.86 bits per heavy atom. The van der Waals surface area contributed by atoms with Gasteiger partial charge < -0.3 is 10.4 Å². The van der Waals surface area contributed by atoms with Gasteiger partial charge in [0.15, 0.2) is 0 Å². The van der Waals surface area contributed by atoms with E-state index in [9.17, 15) is 4.79 Å². The van der Waals surface area contributed by atoms with Gasteiger partial charge in [-0.3, -0.25) is 0 Å². The van der Waals surface area contributed by atoms with Crippen molar-refractivity contribution in [2.24, 2.45) is 0 Å². The lowest BCUT2D eigenvalue weighted by Crippen LogP contribution is -2.20. The van der Waals surface area contributed by atoms with Crippen LogP contribution in [0.3, 0.4) is 0 Å². The van der Waals surface area contributed by atoms with Crippen molar-refractivity contribution >= 4 is 6.09 Å². The second-order valence-corrected chi connectivity index (χ2v) is 1.21. The highest BCUT2D eigenvalue weighted by molar-refractivity contribution is 5.64. The van der Waals surface area contributed by atoms with Crippen molar-refractivity contribution in [1.29, 1.82) is 1.43 Å². The van der Waals surface area contributed by atoms with Gasteiger partial charge in [0.1, 0.15) is 0 Å². The fourth-order valence-electron chi connectivity index (χ4n) is 0.227. The second kappa shape index (κ2) is 3.46. The topological polar surface area (TPSA) is 49.3 Å². The Morgan fingerprint density at radius 3 is 3.29 bits per heavy atom. The zero-order chi connectivity index (χ0) is 6.41. The Hall–Kier alpha value is -0.730. The summed E-state index contributed by atoms with van der Waals surface area (Å²) < 4.78 is 6.08. The van der Waals surface area contributed by atoms with Gasteiger partial charge in [0, 0.05) is 6.54 Å². The van der Waals surface area contributed by atoms with E-state index in [2.05, 4.69) is 10.4 Å². The maximum Gasteiger partial charge on any atom is 0.404 e. The third-order valence-electron chi connectivity index (χ3n) is 0.519. The van der Waals surface area contributed by atoms with Crippen molar-refractivity contribution in [2.45, 2.75) is 13.3 Å². The standard InChI is InChI=1S/C4H9NO2/c1-2-3-5-4(6)7/h5H,2-3H2,1H3,(H,6,7)/i/hD. The van der Waals surface area contributed by atoms with Gasteiger partial charge in [-0.15, -0.1) is 0 Å². The summed E-state index contributed by atoms with van der Waals surface area (Å²) in [6, 6.07) is 0. The van der Waals surface area contributed by atoms with Crippen molar-refractivity contribution in [3.8, 4) is 0 Å². The molecule has 0 unspecified atom stereocenters. The zero-order valence-electron chi connectivity index (χ0n) is 5.23. The molecule has 0 aliphatic heterocycles. The summed E-state index contributed by atoms with van der Waals surface area (Å²) in [5.74, 6) is 0. The normalized spacial score (nSPS) is 9.57. The van der Waals surface area contributed by atoms with Crippen LogP contribution in [0.4, 0.5) is 4.79 Å². The molecule has 0 saturated carbocycles. The van der Waals surface area contributed by atoms with Crippen molar-refractivity contribution < 1.29 is 9.90 Å². The predicted molar refractivity (Wildman–Crippen MR) is 26.3 cm³/mol. The highest BCUT2D eigenvalue weighted by atomic mass is 16.4. The van der Waals surface area contributed by atoms with E-state index < -0.39 is 6.09 Å². The quantitative estimate of drug-likeness (QED) is 0.540. The minimum atomic E-state index is -0.688. The molecular weight excluding hydrogens is 94.0 g/mol. The van der Waals surface area contributed by atoms with Gasteiger partial charge in [-0.05, 0) is 6.42 Å². The van der Waals surface area contributed by atoms with Gasteiger partial charge >= 0.3 is 6.09 Å². The first-order valence-electron chi connectivity index (χ1n) is 2.63. The van der Waals surface area contributed by atoms with Crippen LogP contribution < -0.4 is 5.32 Å². The first-order valence-corrected chi connectivity index (χ1v) is 2.22. The maximum atomic E-state index is 10.0. The number of hydrogen-bond donors (Lipinski definition) is 2. The molecule has 0 aliphatic carbocycles. The molecule has 0 rings (SSSR count). The Kier molecular flexibility index (Phi) is 2.19. The van der Waals surface area contributed by atoms with Crippen LogP contribution in [-0.4, -0.2) is 17.7 Å². The fraction of sp³-hybridized carbons (Fsp3) is 0.750. The Morgan fingerprint density at radius 1 is 2.14 bits per heavy atom. The average Bonchev–Trinajstić information content (AvgIpc) is 1.83. The summed E-state index contributed by atoms with van der Waals surface area (Å²) in [4.78, 5) is 10.0. The molecule has 3 nitrogen and oxygen atoms in total. The predicted octanol–water partition coefficient (Wildman–Crippen LogP) is 0.664. The molecule has 0 atom stereocenters. The largest absolute Gasteiger partial charge is 0.465 e. The van der Waals surface area contributed by atoms with E-state index in [4.69, 9.17) is 1.43 Å². The Labute approximate surface area is 43.8 Å². The number of hydrogen-bond acceptors (Lipinski definition) is 2. The molecule has 0 aromatic carbocycles. The summed E-state index contributed by atoms with van der Waals surface area (Å²) in [5, 5.41) is 5.89. The summed E-state index contributed by atoms with van der Waals surface area (Å²) in [6.07, 6.45) is 0.168. The molecule has 0 fully saturated rings. The lowest BCUT2D eigenvalue weighted by molar-refractivity contribution is 0.194. The molecule has 3 heteroatoms. The van der Waals surface area contributed by atoms with E-state index >= 15 is 0 Å². The second-order valence-electron chi connectivity index (χ2n) is 1.21. The van der Waals surface area contributed by atoms with Crippen LogP contribution in [0.25, 0.3) is 1.43 Å². The molecule has 42 valence electrons. The summed E-state index contributed by atoms with van der Waals surface area (Å²) in [5.41, 5.74) is 0. The van der Waals surface area contributed by atoms with Gasteiger partial charge in [-0.2, -0.15) is 0 Å². The molecule has 0 saturated heterocycles. The van der Waals surface area contributed by atoms with Crippen LogP contribution >= 0.6 is 0 Å². The van der Waals surface area contributed by atoms with E-state index in [0.717, 1.165) is 6.42 Å². The van der Waals surface area contributed by atoms with Crippen molar-refractivity contribution in [1.82, 2.24) is 5.32 Å². The van der Waals surface area contributed by atoms with E-state index in [1.54, 1.807) is 0 Å². The van der Waals surface area contributed by atoms with Gasteiger partial charge in [0.2, 0.25) is 0 Å². The van der Waals surface area contributed by atoms with Crippen LogP contribution in [0.2, 0.25) is 0 Å². The molecule has 7 heavy (non-hydrogen) atoms. The summed E-state index contributed by atoms with van der Waals surface area (Å²) in [6.45, 7) is 2.49. The first-order chi connectivity index (χ1) is 3.81. The number of rotatable bonds is 2. The minimum absolute atomic E-state index is 0.567. The van der Waals surface area contributed by atoms with Gasteiger partial charge in [-0.25, -0.2) is 4.79 Å². The molecule has 0 radical (unpaired) electrons. The van der Waals surface area contributed by atoms with Crippen molar-refractivity contribution in [2.75, 3.05) is 6.54 Å². The number of carbonyl (C=O) groups is 1. The average molecular weight is 104 g/mol. The fourth-order valence-corrected chi connectivity index (χ4v) is 0.227. The van der Waals surface area contributed by atoms with Gasteiger partial charge in [0.25, 0.3) is 1.43 Å². The molecule has 0 spiro atoms. The van der Waals surface area contributed by atoms with E-state index in [0.29, 0.717) is 6.54 Å². The molecule has 0 aliphatic rings. The lowest BCUT2D eigenvalue weighted by atomic mass is 10.5. The van der Waals surface area contributed by atoms with E-state index in [1.807, 2.05) is 6.92 Å². The Balaban J connectivity index is 2.99. The summed E-state index contributed by atoms with van der Waals surface area (Å²) in [7, 11) is 0. The molecule has 1 amide bonds. The first kappa shape index (κ1) is 4.43. The van der Waals surface area contributed by atoms with Gasteiger partial charge in [0.05, 0.1) is 0 Å². The zero-order valence-corrected chi connectivity index (χ0v) is 4.23. The molecular formula is C4H9NO2. The molecule has 0 heterocycles. The van der Waals surface area contributed by atoms with Crippen LogP contribution in [0.1, 0.15) is 13.3 Å². The van der Waals surface area contributed by atoms with Crippen LogP contribution in [0.15, 0.2) is 0 Å². The molecule has 0 bridgehead atoms. The maximum absolute atomic E-state index is 10.0. The lowest BCUT2D eigenvalue weighted by Gasteiger charge is -1.91. The number of carboxylic acid groups (broad SMARTS) is 1. The molecule has 0 aromatic heterocycles. The number of amides is 1. The van der Waals surface area contributed by atoms with E-state index in [-0.39, 0.29) is 0 Å². The third-order valence-corrected chi connectivity index (χ3v) is 0.519. The number of nitrogens with one attached hydrogen (secondary N) is 1. The molecule has 2 N–H and O–H groups in total. The highest BCUT2D eigenvalue weighted by Gasteiger charge is 1.86.